The molecular formula is C13H17ClN2O2. The molecule has 5 heteroatoms. The minimum atomic E-state index is -0.231. The van der Waals surface area contributed by atoms with E-state index in [-0.39, 0.29) is 17.9 Å². The highest BCUT2D eigenvalue weighted by Crippen LogP contribution is 2.40. The monoisotopic (exact) mass is 268 g/mol. The Hall–Kier alpha value is -1.10. The molecule has 0 radical (unpaired) electrons. The van der Waals surface area contributed by atoms with E-state index in [2.05, 4.69) is 5.32 Å². The molecule has 4 nitrogen and oxygen atoms in total. The second kappa shape index (κ2) is 5.26. The third kappa shape index (κ3) is 2.23. The normalized spacial score (nSPS) is 19.6. The van der Waals surface area contributed by atoms with Crippen molar-refractivity contribution < 1.29 is 9.53 Å². The number of anilines is 1. The van der Waals surface area contributed by atoms with Crippen LogP contribution in [0.3, 0.4) is 0 Å². The van der Waals surface area contributed by atoms with Crippen molar-refractivity contribution in [3.05, 3.63) is 28.3 Å². The highest BCUT2D eigenvalue weighted by atomic mass is 35.5. The van der Waals surface area contributed by atoms with Gasteiger partial charge >= 0.3 is 0 Å². The number of benzene rings is 1. The molecule has 2 atom stereocenters. The van der Waals surface area contributed by atoms with Crippen molar-refractivity contribution in [2.24, 2.45) is 5.73 Å². The Bertz CT molecular complexity index is 476. The molecule has 2 unspecified atom stereocenters. The lowest BCUT2D eigenvalue weighted by atomic mass is 9.94. The number of rotatable bonds is 4. The van der Waals surface area contributed by atoms with Gasteiger partial charge in [-0.05, 0) is 23.6 Å². The molecule has 0 bridgehead atoms. The number of hydrogen-bond donors (Lipinski definition) is 2. The molecule has 1 amide bonds. The zero-order valence-corrected chi connectivity index (χ0v) is 11.3. The average molecular weight is 269 g/mol. The highest BCUT2D eigenvalue weighted by Gasteiger charge is 2.31. The van der Waals surface area contributed by atoms with Crippen LogP contribution >= 0.6 is 11.6 Å². The lowest BCUT2D eigenvalue weighted by Crippen LogP contribution is -2.16. The molecule has 98 valence electrons. The molecule has 0 saturated heterocycles. The summed E-state index contributed by atoms with van der Waals surface area (Å²) < 4.78 is 5.04. The number of ether oxygens (including phenoxy) is 1. The van der Waals surface area contributed by atoms with Crippen molar-refractivity contribution in [3.63, 3.8) is 0 Å². The van der Waals surface area contributed by atoms with E-state index in [1.165, 1.54) is 0 Å². The fourth-order valence-electron chi connectivity index (χ4n) is 2.30. The minimum Gasteiger partial charge on any atom is -0.383 e. The fourth-order valence-corrected chi connectivity index (χ4v) is 2.59. The van der Waals surface area contributed by atoms with Crippen LogP contribution in [-0.2, 0) is 9.53 Å². The SMILES string of the molecule is CCC1C(=O)Nc2c(Cl)cc(C(N)COC)cc21. The maximum absolute atomic E-state index is 11.8. The van der Waals surface area contributed by atoms with Gasteiger partial charge in [-0.3, -0.25) is 4.79 Å². The molecular weight excluding hydrogens is 252 g/mol. The van der Waals surface area contributed by atoms with Gasteiger partial charge in [0, 0.05) is 7.11 Å². The fraction of sp³-hybridized carbons (Fsp3) is 0.462. The van der Waals surface area contributed by atoms with Gasteiger partial charge in [0.2, 0.25) is 5.91 Å². The van der Waals surface area contributed by atoms with E-state index in [1.807, 2.05) is 13.0 Å². The Morgan fingerprint density at radius 2 is 2.28 bits per heavy atom. The predicted octanol–water partition coefficient (Wildman–Crippen LogP) is 2.43. The predicted molar refractivity (Wildman–Crippen MR) is 71.9 cm³/mol. The van der Waals surface area contributed by atoms with Crippen LogP contribution in [0.5, 0.6) is 0 Å². The van der Waals surface area contributed by atoms with E-state index < -0.39 is 0 Å². The first kappa shape index (κ1) is 13.3. The minimum absolute atomic E-state index is 0.00635. The van der Waals surface area contributed by atoms with Gasteiger partial charge in [0.05, 0.1) is 29.3 Å². The van der Waals surface area contributed by atoms with E-state index in [1.54, 1.807) is 13.2 Å². The number of halogens is 1. The summed E-state index contributed by atoms with van der Waals surface area (Å²) in [6, 6.07) is 3.52. The Labute approximate surface area is 111 Å². The number of amides is 1. The molecule has 2 rings (SSSR count). The van der Waals surface area contributed by atoms with Crippen LogP contribution in [0.2, 0.25) is 5.02 Å². The van der Waals surface area contributed by atoms with Crippen LogP contribution in [0.4, 0.5) is 5.69 Å². The standard InChI is InChI=1S/C13H17ClN2O2/c1-3-8-9-4-7(11(15)6-18-2)5-10(14)12(9)16-13(8)17/h4-5,8,11H,3,6,15H2,1-2H3,(H,16,17). The zero-order valence-electron chi connectivity index (χ0n) is 10.5. The van der Waals surface area contributed by atoms with Crippen molar-refractivity contribution in [2.75, 3.05) is 19.0 Å². The van der Waals surface area contributed by atoms with Gasteiger partial charge in [0.1, 0.15) is 0 Å². The number of nitrogens with one attached hydrogen (secondary N) is 1. The smallest absolute Gasteiger partial charge is 0.232 e. The molecule has 0 saturated carbocycles. The van der Waals surface area contributed by atoms with E-state index in [0.29, 0.717) is 11.6 Å². The summed E-state index contributed by atoms with van der Waals surface area (Å²) in [7, 11) is 1.61. The Morgan fingerprint density at radius 1 is 1.56 bits per heavy atom. The topological polar surface area (TPSA) is 64.4 Å². The van der Waals surface area contributed by atoms with Crippen LogP contribution in [0.25, 0.3) is 0 Å². The number of methoxy groups -OCH3 is 1. The third-order valence-electron chi connectivity index (χ3n) is 3.27. The molecule has 0 fully saturated rings. The largest absolute Gasteiger partial charge is 0.383 e. The lowest BCUT2D eigenvalue weighted by molar-refractivity contribution is -0.117. The second-order valence-electron chi connectivity index (χ2n) is 4.48. The molecule has 0 aliphatic carbocycles. The quantitative estimate of drug-likeness (QED) is 0.881. The van der Waals surface area contributed by atoms with Crippen molar-refractivity contribution in [1.29, 1.82) is 0 Å². The van der Waals surface area contributed by atoms with Crippen molar-refractivity contribution in [1.82, 2.24) is 0 Å². The Morgan fingerprint density at radius 3 is 2.89 bits per heavy atom. The highest BCUT2D eigenvalue weighted by molar-refractivity contribution is 6.34. The van der Waals surface area contributed by atoms with Gasteiger partial charge in [0.25, 0.3) is 0 Å². The number of hydrogen-bond acceptors (Lipinski definition) is 3. The number of fused-ring (bicyclic) bond motifs is 1. The summed E-state index contributed by atoms with van der Waals surface area (Å²) in [4.78, 5) is 11.8. The van der Waals surface area contributed by atoms with Crippen molar-refractivity contribution in [2.45, 2.75) is 25.3 Å². The van der Waals surface area contributed by atoms with Crippen LogP contribution in [0, 0.1) is 0 Å². The van der Waals surface area contributed by atoms with Crippen LogP contribution in [0.15, 0.2) is 12.1 Å². The first-order chi connectivity index (χ1) is 8.58. The molecule has 1 aromatic carbocycles. The van der Waals surface area contributed by atoms with E-state index in [0.717, 1.165) is 23.2 Å². The third-order valence-corrected chi connectivity index (χ3v) is 3.56. The Kier molecular flexibility index (Phi) is 3.90. The summed E-state index contributed by atoms with van der Waals surface area (Å²) in [5.41, 5.74) is 8.56. The first-order valence-corrected chi connectivity index (χ1v) is 6.35. The van der Waals surface area contributed by atoms with Gasteiger partial charge in [-0.15, -0.1) is 0 Å². The Balaban J connectivity index is 2.42. The summed E-state index contributed by atoms with van der Waals surface area (Å²) in [6.45, 7) is 2.41. The maximum atomic E-state index is 11.8. The zero-order chi connectivity index (χ0) is 13.3. The van der Waals surface area contributed by atoms with E-state index in [9.17, 15) is 4.79 Å². The molecule has 18 heavy (non-hydrogen) atoms. The van der Waals surface area contributed by atoms with Gasteiger partial charge in [-0.1, -0.05) is 24.6 Å². The number of carbonyl (C=O) groups is 1. The summed E-state index contributed by atoms with van der Waals surface area (Å²) >= 11 is 6.20. The molecule has 1 aliphatic rings. The summed E-state index contributed by atoms with van der Waals surface area (Å²) in [5, 5.41) is 3.36. The number of nitrogens with two attached hydrogens (primary N) is 1. The summed E-state index contributed by atoms with van der Waals surface area (Å²) in [6.07, 6.45) is 0.748. The van der Waals surface area contributed by atoms with Gasteiger partial charge in [-0.25, -0.2) is 0 Å². The van der Waals surface area contributed by atoms with Gasteiger partial charge in [0.15, 0.2) is 0 Å². The van der Waals surface area contributed by atoms with Crippen LogP contribution < -0.4 is 11.1 Å². The molecule has 0 aromatic heterocycles. The maximum Gasteiger partial charge on any atom is 0.232 e. The molecule has 1 aliphatic heterocycles. The van der Waals surface area contributed by atoms with Crippen LogP contribution in [-0.4, -0.2) is 19.6 Å². The number of carbonyl (C=O) groups excluding carboxylic acids is 1. The van der Waals surface area contributed by atoms with Gasteiger partial charge < -0.3 is 15.8 Å². The lowest BCUT2D eigenvalue weighted by Gasteiger charge is -2.14. The van der Waals surface area contributed by atoms with E-state index >= 15 is 0 Å². The molecule has 1 heterocycles. The molecule has 1 aromatic rings. The summed E-state index contributed by atoms with van der Waals surface area (Å²) in [5.74, 6) is -0.126. The van der Waals surface area contributed by atoms with Crippen molar-refractivity contribution >= 4 is 23.2 Å². The molecule has 3 N–H and O–H groups in total. The first-order valence-electron chi connectivity index (χ1n) is 5.97. The van der Waals surface area contributed by atoms with E-state index in [4.69, 9.17) is 22.1 Å². The van der Waals surface area contributed by atoms with Crippen molar-refractivity contribution in [3.8, 4) is 0 Å². The second-order valence-corrected chi connectivity index (χ2v) is 4.89. The van der Waals surface area contributed by atoms with Crippen LogP contribution in [0.1, 0.15) is 36.4 Å². The average Bonchev–Trinajstić information content (AvgIpc) is 2.65. The van der Waals surface area contributed by atoms with Gasteiger partial charge in [-0.2, -0.15) is 0 Å². The molecule has 0 spiro atoms.